The van der Waals surface area contributed by atoms with Crippen molar-refractivity contribution in [2.24, 2.45) is 11.8 Å². The molecule has 2 saturated heterocycles. The molecule has 25 heavy (non-hydrogen) atoms. The summed E-state index contributed by atoms with van der Waals surface area (Å²) in [4.78, 5) is 39.0. The minimum Gasteiger partial charge on any atom is -0.468 e. The molecule has 2 aliphatic rings. The number of halogens is 1. The SMILES string of the molecule is CCN1C(=O)[C@@H]2[C@@H](c3ccc(F)cc3)N[C@@](CO)(C(=O)OC)[C@@H]2C1=O. The van der Waals surface area contributed by atoms with Crippen LogP contribution in [0.4, 0.5) is 4.39 Å². The largest absolute Gasteiger partial charge is 0.468 e. The molecule has 0 aliphatic carbocycles. The van der Waals surface area contributed by atoms with Gasteiger partial charge in [-0.1, -0.05) is 12.1 Å². The first-order valence-corrected chi connectivity index (χ1v) is 7.99. The molecule has 2 amide bonds. The van der Waals surface area contributed by atoms with E-state index in [0.717, 1.165) is 12.0 Å². The predicted octanol–water partition coefficient (Wildman–Crippen LogP) is -0.00480. The van der Waals surface area contributed by atoms with E-state index in [1.54, 1.807) is 6.92 Å². The number of carbonyl (C=O) groups is 3. The lowest BCUT2D eigenvalue weighted by atomic mass is 9.79. The van der Waals surface area contributed by atoms with Crippen LogP contribution in [0.1, 0.15) is 18.5 Å². The second-order valence-corrected chi connectivity index (χ2v) is 6.22. The van der Waals surface area contributed by atoms with Crippen molar-refractivity contribution in [3.8, 4) is 0 Å². The Bertz CT molecular complexity index is 722. The van der Waals surface area contributed by atoms with Gasteiger partial charge in [-0.2, -0.15) is 0 Å². The van der Waals surface area contributed by atoms with Crippen molar-refractivity contribution in [2.45, 2.75) is 18.5 Å². The van der Waals surface area contributed by atoms with Crippen LogP contribution in [0.15, 0.2) is 24.3 Å². The van der Waals surface area contributed by atoms with E-state index < -0.39 is 53.6 Å². The number of nitrogens with zero attached hydrogens (tertiary/aromatic N) is 1. The maximum absolute atomic E-state index is 13.2. The molecule has 2 heterocycles. The van der Waals surface area contributed by atoms with Gasteiger partial charge in [0, 0.05) is 12.6 Å². The molecule has 0 spiro atoms. The number of hydrogen-bond acceptors (Lipinski definition) is 6. The number of aliphatic hydroxyl groups excluding tert-OH is 1. The zero-order chi connectivity index (χ0) is 18.4. The minimum atomic E-state index is -1.71. The molecule has 4 atom stereocenters. The first kappa shape index (κ1) is 17.5. The number of methoxy groups -OCH3 is 1. The molecule has 0 bridgehead atoms. The number of nitrogens with one attached hydrogen (secondary N) is 1. The summed E-state index contributed by atoms with van der Waals surface area (Å²) < 4.78 is 18.0. The number of ether oxygens (including phenoxy) is 1. The molecule has 7 nitrogen and oxygen atoms in total. The zero-order valence-electron chi connectivity index (χ0n) is 13.9. The van der Waals surface area contributed by atoms with E-state index in [-0.39, 0.29) is 6.54 Å². The standard InChI is InChI=1S/C17H19FN2O5/c1-3-20-14(22)11-12(15(20)23)17(8-21,16(24)25-2)19-13(11)9-4-6-10(18)7-5-9/h4-7,11-13,19,21H,3,8H2,1-2H3/t11-,12-,13+,17+/m0/s1. The fourth-order valence-electron chi connectivity index (χ4n) is 3.91. The second-order valence-electron chi connectivity index (χ2n) is 6.22. The van der Waals surface area contributed by atoms with E-state index in [1.165, 1.54) is 24.3 Å². The van der Waals surface area contributed by atoms with Crippen LogP contribution in [0.5, 0.6) is 0 Å². The Morgan fingerprint density at radius 2 is 1.96 bits per heavy atom. The topological polar surface area (TPSA) is 95.9 Å². The van der Waals surface area contributed by atoms with Gasteiger partial charge in [-0.05, 0) is 24.6 Å². The Kier molecular flexibility index (Phi) is 4.34. The molecule has 0 saturated carbocycles. The number of esters is 1. The van der Waals surface area contributed by atoms with Crippen molar-refractivity contribution in [2.75, 3.05) is 20.3 Å². The summed E-state index contributed by atoms with van der Waals surface area (Å²) in [7, 11) is 1.15. The third-order valence-corrected chi connectivity index (χ3v) is 5.09. The van der Waals surface area contributed by atoms with Gasteiger partial charge in [0.2, 0.25) is 11.8 Å². The van der Waals surface area contributed by atoms with Gasteiger partial charge in [-0.15, -0.1) is 0 Å². The van der Waals surface area contributed by atoms with Crippen molar-refractivity contribution in [3.05, 3.63) is 35.6 Å². The van der Waals surface area contributed by atoms with Crippen LogP contribution in [-0.2, 0) is 19.1 Å². The molecule has 2 aliphatic heterocycles. The molecule has 0 radical (unpaired) electrons. The Morgan fingerprint density at radius 1 is 1.32 bits per heavy atom. The molecule has 1 aromatic carbocycles. The number of amides is 2. The van der Waals surface area contributed by atoms with Crippen molar-refractivity contribution in [1.29, 1.82) is 0 Å². The van der Waals surface area contributed by atoms with Crippen molar-refractivity contribution in [1.82, 2.24) is 10.2 Å². The molecule has 8 heteroatoms. The minimum absolute atomic E-state index is 0.170. The summed E-state index contributed by atoms with van der Waals surface area (Å²) in [6.07, 6.45) is 0. The fraction of sp³-hybridized carbons (Fsp3) is 0.471. The highest BCUT2D eigenvalue weighted by molar-refractivity contribution is 6.09. The lowest BCUT2D eigenvalue weighted by molar-refractivity contribution is -0.156. The lowest BCUT2D eigenvalue weighted by Crippen LogP contribution is -2.58. The van der Waals surface area contributed by atoms with E-state index in [2.05, 4.69) is 5.32 Å². The maximum Gasteiger partial charge on any atom is 0.329 e. The van der Waals surface area contributed by atoms with E-state index in [0.29, 0.717) is 5.56 Å². The van der Waals surface area contributed by atoms with E-state index in [9.17, 15) is 23.9 Å². The number of imide groups is 1. The summed E-state index contributed by atoms with van der Waals surface area (Å²) in [5, 5.41) is 12.9. The van der Waals surface area contributed by atoms with Crippen molar-refractivity contribution < 1.29 is 28.6 Å². The van der Waals surface area contributed by atoms with E-state index >= 15 is 0 Å². The fourth-order valence-corrected chi connectivity index (χ4v) is 3.91. The highest BCUT2D eigenvalue weighted by Crippen LogP contribution is 2.48. The highest BCUT2D eigenvalue weighted by atomic mass is 19.1. The number of likely N-dealkylation sites (tertiary alicyclic amines) is 1. The van der Waals surface area contributed by atoms with Gasteiger partial charge in [-0.3, -0.25) is 19.8 Å². The average Bonchev–Trinajstić information content (AvgIpc) is 3.10. The number of rotatable bonds is 4. The van der Waals surface area contributed by atoms with Crippen LogP contribution < -0.4 is 5.32 Å². The Labute approximate surface area is 143 Å². The number of carbonyl (C=O) groups excluding carboxylic acids is 3. The number of fused-ring (bicyclic) bond motifs is 1. The Morgan fingerprint density at radius 3 is 2.48 bits per heavy atom. The molecule has 0 aromatic heterocycles. The van der Waals surface area contributed by atoms with Crippen LogP contribution in [0.3, 0.4) is 0 Å². The van der Waals surface area contributed by atoms with Crippen LogP contribution in [-0.4, -0.2) is 53.6 Å². The van der Waals surface area contributed by atoms with E-state index in [1.807, 2.05) is 0 Å². The Balaban J connectivity index is 2.13. The number of benzene rings is 1. The van der Waals surface area contributed by atoms with Gasteiger partial charge >= 0.3 is 5.97 Å². The third-order valence-electron chi connectivity index (χ3n) is 5.09. The number of hydrogen-bond donors (Lipinski definition) is 2. The van der Waals surface area contributed by atoms with Gasteiger partial charge in [-0.25, -0.2) is 9.18 Å². The smallest absolute Gasteiger partial charge is 0.329 e. The van der Waals surface area contributed by atoms with E-state index in [4.69, 9.17) is 4.74 Å². The molecule has 0 unspecified atom stereocenters. The molecule has 1 aromatic rings. The van der Waals surface area contributed by atoms with Gasteiger partial charge in [0.15, 0.2) is 5.54 Å². The first-order chi connectivity index (χ1) is 11.9. The van der Waals surface area contributed by atoms with Gasteiger partial charge in [0.25, 0.3) is 0 Å². The first-order valence-electron chi connectivity index (χ1n) is 7.99. The van der Waals surface area contributed by atoms with Crippen LogP contribution in [0, 0.1) is 17.7 Å². The normalized spacial score (nSPS) is 31.4. The lowest BCUT2D eigenvalue weighted by Gasteiger charge is -2.30. The molecule has 2 fully saturated rings. The molecule has 2 N–H and O–H groups in total. The maximum atomic E-state index is 13.2. The van der Waals surface area contributed by atoms with Crippen LogP contribution in [0.25, 0.3) is 0 Å². The monoisotopic (exact) mass is 350 g/mol. The third kappa shape index (κ3) is 2.36. The van der Waals surface area contributed by atoms with Crippen molar-refractivity contribution >= 4 is 17.8 Å². The molecular formula is C17H19FN2O5. The average molecular weight is 350 g/mol. The zero-order valence-corrected chi connectivity index (χ0v) is 13.9. The van der Waals surface area contributed by atoms with Gasteiger partial charge in [0.1, 0.15) is 5.82 Å². The molecule has 134 valence electrons. The summed E-state index contributed by atoms with van der Waals surface area (Å²) in [5.74, 6) is -4.14. The highest BCUT2D eigenvalue weighted by Gasteiger charge is 2.68. The molecule has 3 rings (SSSR count). The summed E-state index contributed by atoms with van der Waals surface area (Å²) in [6, 6.07) is 4.73. The van der Waals surface area contributed by atoms with Crippen LogP contribution in [0.2, 0.25) is 0 Å². The van der Waals surface area contributed by atoms with Gasteiger partial charge < -0.3 is 9.84 Å². The summed E-state index contributed by atoms with van der Waals surface area (Å²) in [6.45, 7) is 1.13. The second kappa shape index (κ2) is 6.20. The quantitative estimate of drug-likeness (QED) is 0.586. The van der Waals surface area contributed by atoms with Crippen LogP contribution >= 0.6 is 0 Å². The summed E-state index contributed by atoms with van der Waals surface area (Å²) in [5.41, 5.74) is -1.16. The Hall–Kier alpha value is -2.32. The summed E-state index contributed by atoms with van der Waals surface area (Å²) >= 11 is 0. The molecular weight excluding hydrogens is 331 g/mol. The predicted molar refractivity (Wildman–Crippen MR) is 83.5 cm³/mol. The van der Waals surface area contributed by atoms with Crippen molar-refractivity contribution in [3.63, 3.8) is 0 Å². The number of aliphatic hydroxyl groups is 1. The van der Waals surface area contributed by atoms with Gasteiger partial charge in [0.05, 0.1) is 25.6 Å².